The summed E-state index contributed by atoms with van der Waals surface area (Å²) in [6, 6.07) is 21.3. The van der Waals surface area contributed by atoms with E-state index in [1.54, 1.807) is 33.0 Å². The zero-order valence-electron chi connectivity index (χ0n) is 25.3. The number of hydrogen-bond donors (Lipinski definition) is 4. The van der Waals surface area contributed by atoms with E-state index < -0.39 is 23.5 Å². The average molecular weight is 611 g/mol. The van der Waals surface area contributed by atoms with Crippen molar-refractivity contribution in [2.45, 2.75) is 45.8 Å². The minimum atomic E-state index is -1.00. The predicted molar refractivity (Wildman–Crippen MR) is 172 cm³/mol. The Balaban J connectivity index is 1.42. The second kappa shape index (κ2) is 12.5. The first-order valence-corrected chi connectivity index (χ1v) is 14.6. The molecule has 2 heterocycles. The molecule has 3 aromatic carbocycles. The van der Waals surface area contributed by atoms with E-state index >= 15 is 0 Å². The van der Waals surface area contributed by atoms with Crippen LogP contribution in [0.5, 0.6) is 0 Å². The zero-order valence-corrected chi connectivity index (χ0v) is 26.0. The van der Waals surface area contributed by atoms with E-state index in [0.717, 1.165) is 39.2 Å². The molecule has 0 aliphatic carbocycles. The molecule has 10 heteroatoms. The van der Waals surface area contributed by atoms with Crippen LogP contribution < -0.4 is 10.6 Å². The maximum absolute atomic E-state index is 13.7. The molecule has 0 saturated carbocycles. The topological polar surface area (TPSA) is 125 Å². The van der Waals surface area contributed by atoms with Crippen LogP contribution in [0, 0.1) is 13.8 Å². The number of amides is 2. The molecule has 226 valence electrons. The number of aryl methyl sites for hydroxylation is 3. The molecule has 0 aliphatic rings. The quantitative estimate of drug-likeness (QED) is 0.164. The van der Waals surface area contributed by atoms with Gasteiger partial charge in [-0.2, -0.15) is 10.2 Å². The van der Waals surface area contributed by atoms with E-state index in [0.29, 0.717) is 22.0 Å². The van der Waals surface area contributed by atoms with Crippen molar-refractivity contribution < 1.29 is 14.7 Å². The van der Waals surface area contributed by atoms with E-state index in [2.05, 4.69) is 25.9 Å². The first kappa shape index (κ1) is 30.7. The lowest BCUT2D eigenvalue weighted by atomic mass is 9.93. The molecule has 0 aliphatic heterocycles. The number of aromatic nitrogens is 4. The van der Waals surface area contributed by atoms with Gasteiger partial charge in [-0.25, -0.2) is 0 Å². The van der Waals surface area contributed by atoms with Crippen LogP contribution >= 0.6 is 11.6 Å². The summed E-state index contributed by atoms with van der Waals surface area (Å²) in [6.07, 6.45) is 1.66. The highest BCUT2D eigenvalue weighted by molar-refractivity contribution is 6.31. The number of anilines is 1. The lowest BCUT2D eigenvalue weighted by molar-refractivity contribution is -0.118. The summed E-state index contributed by atoms with van der Waals surface area (Å²) in [4.78, 5) is 26.9. The van der Waals surface area contributed by atoms with Crippen LogP contribution in [0.25, 0.3) is 22.3 Å². The first-order chi connectivity index (χ1) is 20.9. The highest BCUT2D eigenvalue weighted by Crippen LogP contribution is 2.30. The molecular formula is C34H35ClN6O3. The third-order valence-electron chi connectivity index (χ3n) is 7.62. The second-order valence-corrected chi connectivity index (χ2v) is 11.8. The highest BCUT2D eigenvalue weighted by Gasteiger charge is 2.25. The summed E-state index contributed by atoms with van der Waals surface area (Å²) in [7, 11) is 1.66. The lowest BCUT2D eigenvalue weighted by Gasteiger charge is -2.21. The van der Waals surface area contributed by atoms with Crippen LogP contribution in [-0.4, -0.2) is 42.9 Å². The number of halogens is 1. The standard InChI is InChI=1S/C34H35ClN6O3/c1-20-31(21(2)40-39-20)22-9-12-27(13-10-22)37-32(42)29(38-33(43)30-15-16-36-41(30)5)19-25-17-24(11-14-28(25)35)23-7-6-8-26(18-23)34(3,4)44/h6-18,29,44H,19H2,1-5H3,(H,37,42)(H,38,43)(H,39,40). The number of nitrogens with one attached hydrogen (secondary N) is 3. The van der Waals surface area contributed by atoms with Gasteiger partial charge in [0.1, 0.15) is 11.7 Å². The van der Waals surface area contributed by atoms with Gasteiger partial charge in [-0.05, 0) is 91.9 Å². The van der Waals surface area contributed by atoms with Crippen LogP contribution in [0.3, 0.4) is 0 Å². The Labute approximate surface area is 261 Å². The number of carbonyl (C=O) groups is 2. The van der Waals surface area contributed by atoms with Crippen LogP contribution in [0.2, 0.25) is 5.02 Å². The Morgan fingerprint density at radius 3 is 2.34 bits per heavy atom. The number of nitrogens with zero attached hydrogens (tertiary/aromatic N) is 3. The van der Waals surface area contributed by atoms with E-state index in [4.69, 9.17) is 11.6 Å². The summed E-state index contributed by atoms with van der Waals surface area (Å²) >= 11 is 6.64. The van der Waals surface area contributed by atoms with Crippen LogP contribution in [0.15, 0.2) is 79.0 Å². The molecular weight excluding hydrogens is 576 g/mol. The molecule has 0 spiro atoms. The minimum absolute atomic E-state index is 0.138. The number of benzene rings is 3. The fraction of sp³-hybridized carbons (Fsp3) is 0.235. The number of carbonyl (C=O) groups excluding carboxylic acids is 2. The normalized spacial score (nSPS) is 12.2. The molecule has 0 radical (unpaired) electrons. The molecule has 9 nitrogen and oxygen atoms in total. The molecule has 2 aromatic heterocycles. The maximum atomic E-state index is 13.7. The van der Waals surface area contributed by atoms with Crippen molar-refractivity contribution in [3.8, 4) is 22.3 Å². The summed E-state index contributed by atoms with van der Waals surface area (Å²) in [5, 5.41) is 28.1. The van der Waals surface area contributed by atoms with Gasteiger partial charge in [-0.15, -0.1) is 0 Å². The Hall–Kier alpha value is -4.73. The average Bonchev–Trinajstić information content (AvgIpc) is 3.57. The smallest absolute Gasteiger partial charge is 0.270 e. The molecule has 0 fully saturated rings. The fourth-order valence-corrected chi connectivity index (χ4v) is 5.37. The number of aliphatic hydroxyl groups is 1. The van der Waals surface area contributed by atoms with E-state index in [9.17, 15) is 14.7 Å². The lowest BCUT2D eigenvalue weighted by Crippen LogP contribution is -2.45. The Bertz CT molecular complexity index is 1800. The summed E-state index contributed by atoms with van der Waals surface area (Å²) < 4.78 is 1.45. The van der Waals surface area contributed by atoms with Crippen molar-refractivity contribution in [2.75, 3.05) is 5.32 Å². The minimum Gasteiger partial charge on any atom is -0.386 e. The summed E-state index contributed by atoms with van der Waals surface area (Å²) in [5.74, 6) is -0.828. The maximum Gasteiger partial charge on any atom is 0.270 e. The van der Waals surface area contributed by atoms with Gasteiger partial charge in [-0.3, -0.25) is 19.4 Å². The van der Waals surface area contributed by atoms with Gasteiger partial charge in [0.2, 0.25) is 5.91 Å². The van der Waals surface area contributed by atoms with E-state index in [-0.39, 0.29) is 6.42 Å². The van der Waals surface area contributed by atoms with Gasteiger partial charge in [0.15, 0.2) is 0 Å². The molecule has 4 N–H and O–H groups in total. The molecule has 2 amide bonds. The molecule has 1 unspecified atom stereocenters. The monoisotopic (exact) mass is 610 g/mol. The second-order valence-electron chi connectivity index (χ2n) is 11.4. The first-order valence-electron chi connectivity index (χ1n) is 14.2. The van der Waals surface area contributed by atoms with E-state index in [1.165, 1.54) is 10.9 Å². The van der Waals surface area contributed by atoms with Crippen molar-refractivity contribution in [2.24, 2.45) is 7.05 Å². The zero-order chi connectivity index (χ0) is 31.6. The van der Waals surface area contributed by atoms with E-state index in [1.807, 2.05) is 74.5 Å². The van der Waals surface area contributed by atoms with Crippen molar-refractivity contribution in [3.63, 3.8) is 0 Å². The molecule has 44 heavy (non-hydrogen) atoms. The summed E-state index contributed by atoms with van der Waals surface area (Å²) in [5.41, 5.74) is 6.98. The number of H-pyrrole nitrogens is 1. The van der Waals surface area contributed by atoms with Crippen molar-refractivity contribution in [1.82, 2.24) is 25.3 Å². The van der Waals surface area contributed by atoms with Gasteiger partial charge in [0, 0.05) is 41.6 Å². The van der Waals surface area contributed by atoms with Gasteiger partial charge < -0.3 is 15.7 Å². The third-order valence-corrected chi connectivity index (χ3v) is 7.99. The van der Waals surface area contributed by atoms with Crippen LogP contribution in [-0.2, 0) is 23.9 Å². The Morgan fingerprint density at radius 2 is 1.70 bits per heavy atom. The molecule has 5 rings (SSSR count). The predicted octanol–water partition coefficient (Wildman–Crippen LogP) is 5.95. The molecule has 1 atom stereocenters. The highest BCUT2D eigenvalue weighted by atomic mass is 35.5. The van der Waals surface area contributed by atoms with Gasteiger partial charge in [0.25, 0.3) is 5.91 Å². The Kier molecular flexibility index (Phi) is 8.71. The SMILES string of the molecule is Cc1n[nH]c(C)c1-c1ccc(NC(=O)C(Cc2cc(-c3cccc(C(C)(C)O)c3)ccc2Cl)NC(=O)c2ccnn2C)cc1. The fourth-order valence-electron chi connectivity index (χ4n) is 5.17. The Morgan fingerprint density at radius 1 is 1.00 bits per heavy atom. The van der Waals surface area contributed by atoms with Gasteiger partial charge in [0.05, 0.1) is 11.3 Å². The summed E-state index contributed by atoms with van der Waals surface area (Å²) in [6.45, 7) is 7.38. The number of rotatable bonds is 9. The van der Waals surface area contributed by atoms with Crippen LogP contribution in [0.1, 0.15) is 46.9 Å². The molecule has 0 saturated heterocycles. The van der Waals surface area contributed by atoms with Crippen LogP contribution in [0.4, 0.5) is 5.69 Å². The van der Waals surface area contributed by atoms with Crippen molar-refractivity contribution >= 4 is 29.1 Å². The van der Waals surface area contributed by atoms with Crippen molar-refractivity contribution in [1.29, 1.82) is 0 Å². The van der Waals surface area contributed by atoms with Crippen molar-refractivity contribution in [3.05, 3.63) is 112 Å². The van der Waals surface area contributed by atoms with Gasteiger partial charge in [-0.1, -0.05) is 48.0 Å². The molecule has 5 aromatic rings. The van der Waals surface area contributed by atoms with Gasteiger partial charge >= 0.3 is 0 Å². The number of hydrogen-bond acceptors (Lipinski definition) is 5. The largest absolute Gasteiger partial charge is 0.386 e. The molecule has 0 bridgehead atoms. The number of aromatic amines is 1. The third kappa shape index (κ3) is 6.74.